The minimum atomic E-state index is 0.875. The van der Waals surface area contributed by atoms with Crippen molar-refractivity contribution in [1.82, 2.24) is 0 Å². The second kappa shape index (κ2) is 13.4. The third-order valence-electron chi connectivity index (χ3n) is 4.18. The molecule has 0 saturated heterocycles. The van der Waals surface area contributed by atoms with Crippen LogP contribution < -0.4 is 0 Å². The number of hydrogen-bond acceptors (Lipinski definition) is 0. The molecule has 0 bridgehead atoms. The Morgan fingerprint density at radius 1 is 0.611 bits per heavy atom. The molecular formula is C18H37. The summed E-state index contributed by atoms with van der Waals surface area (Å²) in [4.78, 5) is 0. The van der Waals surface area contributed by atoms with Gasteiger partial charge in [-0.05, 0) is 18.3 Å². The van der Waals surface area contributed by atoms with Crippen LogP contribution in [0.15, 0.2) is 0 Å². The van der Waals surface area contributed by atoms with E-state index < -0.39 is 0 Å². The van der Waals surface area contributed by atoms with E-state index in [9.17, 15) is 0 Å². The minimum absolute atomic E-state index is 0.875. The van der Waals surface area contributed by atoms with Crippen molar-refractivity contribution in [3.63, 3.8) is 0 Å². The number of hydrogen-bond donors (Lipinski definition) is 0. The van der Waals surface area contributed by atoms with E-state index in [0.717, 1.165) is 11.8 Å². The van der Waals surface area contributed by atoms with Gasteiger partial charge in [0, 0.05) is 0 Å². The molecule has 109 valence electrons. The van der Waals surface area contributed by atoms with Gasteiger partial charge in [0.05, 0.1) is 0 Å². The summed E-state index contributed by atoms with van der Waals surface area (Å²) in [6, 6.07) is 0. The van der Waals surface area contributed by atoms with Crippen LogP contribution >= 0.6 is 0 Å². The fourth-order valence-corrected chi connectivity index (χ4v) is 2.82. The van der Waals surface area contributed by atoms with Crippen molar-refractivity contribution in [2.75, 3.05) is 0 Å². The van der Waals surface area contributed by atoms with Crippen LogP contribution in [0.4, 0.5) is 0 Å². The Morgan fingerprint density at radius 3 is 1.72 bits per heavy atom. The van der Waals surface area contributed by atoms with Crippen LogP contribution in [0.2, 0.25) is 0 Å². The summed E-state index contributed by atoms with van der Waals surface area (Å²) < 4.78 is 0. The summed E-state index contributed by atoms with van der Waals surface area (Å²) in [5, 5.41) is 0. The molecule has 0 aromatic heterocycles. The Kier molecular flexibility index (Phi) is 13.4. The van der Waals surface area contributed by atoms with Crippen LogP contribution in [-0.4, -0.2) is 0 Å². The highest BCUT2D eigenvalue weighted by atomic mass is 14.2. The zero-order valence-corrected chi connectivity index (χ0v) is 13.5. The van der Waals surface area contributed by atoms with Gasteiger partial charge in [0.2, 0.25) is 0 Å². The molecule has 0 saturated carbocycles. The first-order valence-corrected chi connectivity index (χ1v) is 8.63. The maximum Gasteiger partial charge on any atom is -0.0324 e. The van der Waals surface area contributed by atoms with E-state index in [-0.39, 0.29) is 0 Å². The molecule has 0 aromatic rings. The normalized spacial score (nSPS) is 14.7. The van der Waals surface area contributed by atoms with E-state index in [4.69, 9.17) is 0 Å². The van der Waals surface area contributed by atoms with Crippen molar-refractivity contribution in [3.05, 3.63) is 6.42 Å². The molecule has 0 aliphatic rings. The van der Waals surface area contributed by atoms with Gasteiger partial charge in [-0.1, -0.05) is 98.3 Å². The molecule has 0 nitrogen and oxygen atoms in total. The molecule has 0 heteroatoms. The zero-order chi connectivity index (χ0) is 13.6. The first-order valence-electron chi connectivity index (χ1n) is 8.63. The van der Waals surface area contributed by atoms with Crippen molar-refractivity contribution in [3.8, 4) is 0 Å². The summed E-state index contributed by atoms with van der Waals surface area (Å²) in [5.74, 6) is 1.76. The Balaban J connectivity index is 3.62. The van der Waals surface area contributed by atoms with Gasteiger partial charge < -0.3 is 0 Å². The van der Waals surface area contributed by atoms with Crippen LogP contribution in [0.3, 0.4) is 0 Å². The summed E-state index contributed by atoms with van der Waals surface area (Å²) in [6.45, 7) is 9.30. The van der Waals surface area contributed by atoms with Crippen molar-refractivity contribution in [2.24, 2.45) is 11.8 Å². The predicted molar refractivity (Wildman–Crippen MR) is 84.8 cm³/mol. The van der Waals surface area contributed by atoms with Crippen molar-refractivity contribution < 1.29 is 0 Å². The first kappa shape index (κ1) is 18.0. The quantitative estimate of drug-likeness (QED) is 0.317. The van der Waals surface area contributed by atoms with Crippen molar-refractivity contribution >= 4 is 0 Å². The summed E-state index contributed by atoms with van der Waals surface area (Å²) >= 11 is 0. The second-order valence-electron chi connectivity index (χ2n) is 5.87. The first-order chi connectivity index (χ1) is 8.78. The standard InChI is InChI=1S/C18H37/c1-5-9-10-11-12-13-15-18(8-4)16-17(7-3)14-6-2/h16-18H,5-15H2,1-4H3. The van der Waals surface area contributed by atoms with Crippen LogP contribution in [0.25, 0.3) is 0 Å². The monoisotopic (exact) mass is 253 g/mol. The van der Waals surface area contributed by atoms with Crippen LogP contribution in [0, 0.1) is 18.3 Å². The van der Waals surface area contributed by atoms with Crippen LogP contribution in [0.5, 0.6) is 0 Å². The topological polar surface area (TPSA) is 0 Å². The van der Waals surface area contributed by atoms with E-state index in [1.807, 2.05) is 0 Å². The predicted octanol–water partition coefficient (Wildman–Crippen LogP) is 6.79. The third-order valence-corrected chi connectivity index (χ3v) is 4.18. The Labute approximate surface area is 117 Å². The molecule has 18 heavy (non-hydrogen) atoms. The average molecular weight is 253 g/mol. The molecule has 0 amide bonds. The molecule has 0 aromatic carbocycles. The molecule has 0 rings (SSSR count). The molecule has 2 unspecified atom stereocenters. The lowest BCUT2D eigenvalue weighted by Gasteiger charge is -2.21. The molecule has 0 spiro atoms. The van der Waals surface area contributed by atoms with E-state index in [1.165, 1.54) is 70.6 Å². The molecule has 1 radical (unpaired) electrons. The summed E-state index contributed by atoms with van der Waals surface area (Å²) in [7, 11) is 0. The van der Waals surface area contributed by atoms with Gasteiger partial charge in [-0.2, -0.15) is 0 Å². The van der Waals surface area contributed by atoms with Crippen LogP contribution in [-0.2, 0) is 0 Å². The average Bonchev–Trinajstić information content (AvgIpc) is 2.40. The lowest BCUT2D eigenvalue weighted by molar-refractivity contribution is 0.407. The van der Waals surface area contributed by atoms with Gasteiger partial charge in [-0.15, -0.1) is 0 Å². The van der Waals surface area contributed by atoms with E-state index >= 15 is 0 Å². The Bertz CT molecular complexity index is 150. The molecule has 0 aliphatic heterocycles. The number of rotatable bonds is 13. The summed E-state index contributed by atoms with van der Waals surface area (Å²) in [5.41, 5.74) is 0. The van der Waals surface area contributed by atoms with Gasteiger partial charge >= 0.3 is 0 Å². The minimum Gasteiger partial charge on any atom is -0.0654 e. The molecule has 0 heterocycles. The van der Waals surface area contributed by atoms with Gasteiger partial charge in [0.1, 0.15) is 0 Å². The molecule has 0 fully saturated rings. The Morgan fingerprint density at radius 2 is 1.17 bits per heavy atom. The van der Waals surface area contributed by atoms with Gasteiger partial charge in [0.15, 0.2) is 0 Å². The van der Waals surface area contributed by atoms with Crippen molar-refractivity contribution in [2.45, 2.75) is 98.3 Å². The van der Waals surface area contributed by atoms with E-state index in [1.54, 1.807) is 0 Å². The smallest absolute Gasteiger partial charge is 0.0324 e. The number of unbranched alkanes of at least 4 members (excludes halogenated alkanes) is 5. The largest absolute Gasteiger partial charge is 0.0654 e. The SMILES string of the molecule is CCCCCCCCC([CH]C(CC)CCC)CC. The lowest BCUT2D eigenvalue weighted by Crippen LogP contribution is -2.09. The van der Waals surface area contributed by atoms with Crippen LogP contribution in [0.1, 0.15) is 98.3 Å². The lowest BCUT2D eigenvalue weighted by atomic mass is 9.85. The third kappa shape index (κ3) is 9.97. The molecule has 2 atom stereocenters. The summed E-state index contributed by atoms with van der Waals surface area (Å²) in [6.07, 6.45) is 18.1. The van der Waals surface area contributed by atoms with Gasteiger partial charge in [-0.3, -0.25) is 0 Å². The fourth-order valence-electron chi connectivity index (χ4n) is 2.82. The van der Waals surface area contributed by atoms with Crippen molar-refractivity contribution in [1.29, 1.82) is 0 Å². The molecule has 0 N–H and O–H groups in total. The fraction of sp³-hybridized carbons (Fsp3) is 0.944. The maximum absolute atomic E-state index is 2.68. The molecular weight excluding hydrogens is 216 g/mol. The maximum atomic E-state index is 2.68. The highest BCUT2D eigenvalue weighted by Gasteiger charge is 2.13. The van der Waals surface area contributed by atoms with E-state index in [2.05, 4.69) is 34.1 Å². The Hall–Kier alpha value is 0. The second-order valence-corrected chi connectivity index (χ2v) is 5.87. The van der Waals surface area contributed by atoms with Gasteiger partial charge in [0.25, 0.3) is 0 Å². The molecule has 0 aliphatic carbocycles. The highest BCUT2D eigenvalue weighted by molar-refractivity contribution is 4.82. The highest BCUT2D eigenvalue weighted by Crippen LogP contribution is 2.25. The van der Waals surface area contributed by atoms with E-state index in [0.29, 0.717) is 0 Å². The van der Waals surface area contributed by atoms with Gasteiger partial charge in [-0.25, -0.2) is 0 Å². The zero-order valence-electron chi connectivity index (χ0n) is 13.5.